The third-order valence-electron chi connectivity index (χ3n) is 1.41. The third kappa shape index (κ3) is 7.29. The molecule has 0 aliphatic heterocycles. The van der Waals surface area contributed by atoms with Crippen LogP contribution in [0.1, 0.15) is 33.1 Å². The molecular formula is C8H16N2. The van der Waals surface area contributed by atoms with Gasteiger partial charge in [-0.05, 0) is 12.3 Å². The first-order chi connectivity index (χ1) is 4.77. The Balaban J connectivity index is 2.86. The van der Waals surface area contributed by atoms with E-state index in [4.69, 9.17) is 5.26 Å². The van der Waals surface area contributed by atoms with Crippen LogP contribution in [0.15, 0.2) is 0 Å². The van der Waals surface area contributed by atoms with E-state index in [1.54, 1.807) is 0 Å². The van der Waals surface area contributed by atoms with Crippen molar-refractivity contribution in [1.29, 1.82) is 5.26 Å². The van der Waals surface area contributed by atoms with Gasteiger partial charge in [0.05, 0.1) is 0 Å². The fourth-order valence-corrected chi connectivity index (χ4v) is 0.822. The van der Waals surface area contributed by atoms with Crippen LogP contribution in [-0.4, -0.2) is 6.54 Å². The molecular weight excluding hydrogens is 124 g/mol. The van der Waals surface area contributed by atoms with Crippen molar-refractivity contribution in [1.82, 2.24) is 5.32 Å². The molecule has 2 nitrogen and oxygen atoms in total. The normalized spacial score (nSPS) is 9.40. The van der Waals surface area contributed by atoms with Gasteiger partial charge >= 0.3 is 0 Å². The van der Waals surface area contributed by atoms with E-state index in [1.807, 2.05) is 6.19 Å². The number of nitriles is 1. The lowest BCUT2D eigenvalue weighted by atomic mass is 10.1. The van der Waals surface area contributed by atoms with Gasteiger partial charge in [-0.25, -0.2) is 0 Å². The Morgan fingerprint density at radius 1 is 1.40 bits per heavy atom. The van der Waals surface area contributed by atoms with Crippen LogP contribution in [0, 0.1) is 17.4 Å². The zero-order valence-electron chi connectivity index (χ0n) is 6.85. The van der Waals surface area contributed by atoms with Gasteiger partial charge in [-0.3, -0.25) is 0 Å². The van der Waals surface area contributed by atoms with Crippen LogP contribution in [0.4, 0.5) is 0 Å². The van der Waals surface area contributed by atoms with Crippen molar-refractivity contribution in [3.05, 3.63) is 0 Å². The highest BCUT2D eigenvalue weighted by Crippen LogP contribution is 2.04. The third-order valence-corrected chi connectivity index (χ3v) is 1.41. The molecule has 0 amide bonds. The summed E-state index contributed by atoms with van der Waals surface area (Å²) in [5.41, 5.74) is 0. The standard InChI is InChI=1S/C8H16N2/c1-8(2)5-3-4-6-10-7-9/h8,10H,3-6H2,1-2H3. The van der Waals surface area contributed by atoms with Gasteiger partial charge < -0.3 is 5.32 Å². The lowest BCUT2D eigenvalue weighted by molar-refractivity contribution is 0.534. The maximum Gasteiger partial charge on any atom is 0.176 e. The molecule has 0 saturated carbocycles. The van der Waals surface area contributed by atoms with E-state index in [-0.39, 0.29) is 0 Å². The van der Waals surface area contributed by atoms with Crippen molar-refractivity contribution < 1.29 is 0 Å². The van der Waals surface area contributed by atoms with Gasteiger partial charge in [0.15, 0.2) is 6.19 Å². The van der Waals surface area contributed by atoms with Crippen LogP contribution in [-0.2, 0) is 0 Å². The van der Waals surface area contributed by atoms with Crippen LogP contribution in [0.2, 0.25) is 0 Å². The molecule has 0 aromatic heterocycles. The van der Waals surface area contributed by atoms with Gasteiger partial charge in [0.2, 0.25) is 0 Å². The highest BCUT2D eigenvalue weighted by atomic mass is 14.8. The molecule has 0 saturated heterocycles. The Labute approximate surface area is 63.2 Å². The van der Waals surface area contributed by atoms with E-state index >= 15 is 0 Å². The van der Waals surface area contributed by atoms with Crippen LogP contribution in [0.3, 0.4) is 0 Å². The SMILES string of the molecule is CC(C)CCCCNC#N. The molecule has 0 fully saturated rings. The predicted molar refractivity (Wildman–Crippen MR) is 42.3 cm³/mol. The lowest BCUT2D eigenvalue weighted by Gasteiger charge is -2.02. The van der Waals surface area contributed by atoms with Crippen molar-refractivity contribution in [2.75, 3.05) is 6.54 Å². The van der Waals surface area contributed by atoms with Crippen LogP contribution >= 0.6 is 0 Å². The molecule has 1 N–H and O–H groups in total. The molecule has 0 atom stereocenters. The topological polar surface area (TPSA) is 35.8 Å². The van der Waals surface area contributed by atoms with Gasteiger partial charge in [0.1, 0.15) is 0 Å². The van der Waals surface area contributed by atoms with Crippen LogP contribution < -0.4 is 5.32 Å². The Bertz CT molecular complexity index is 102. The molecule has 0 heterocycles. The zero-order chi connectivity index (χ0) is 7.82. The van der Waals surface area contributed by atoms with Crippen LogP contribution in [0.5, 0.6) is 0 Å². The van der Waals surface area contributed by atoms with E-state index in [2.05, 4.69) is 19.2 Å². The van der Waals surface area contributed by atoms with Crippen molar-refractivity contribution in [3.63, 3.8) is 0 Å². The van der Waals surface area contributed by atoms with E-state index in [0.717, 1.165) is 18.9 Å². The molecule has 58 valence electrons. The fraction of sp³-hybridized carbons (Fsp3) is 0.875. The number of nitrogens with one attached hydrogen (secondary N) is 1. The van der Waals surface area contributed by atoms with Crippen molar-refractivity contribution >= 4 is 0 Å². The van der Waals surface area contributed by atoms with E-state index in [1.165, 1.54) is 12.8 Å². The van der Waals surface area contributed by atoms with Gasteiger partial charge in [-0.15, -0.1) is 0 Å². The maximum absolute atomic E-state index is 8.11. The Morgan fingerprint density at radius 2 is 2.10 bits per heavy atom. The summed E-state index contributed by atoms with van der Waals surface area (Å²) >= 11 is 0. The van der Waals surface area contributed by atoms with E-state index in [9.17, 15) is 0 Å². The second-order valence-corrected chi connectivity index (χ2v) is 2.93. The summed E-state index contributed by atoms with van der Waals surface area (Å²) in [4.78, 5) is 0. The molecule has 0 aliphatic rings. The van der Waals surface area contributed by atoms with E-state index < -0.39 is 0 Å². The maximum atomic E-state index is 8.11. The molecule has 10 heavy (non-hydrogen) atoms. The number of unbranched alkanes of at least 4 members (excludes halogenated alkanes) is 1. The van der Waals surface area contributed by atoms with E-state index in [0.29, 0.717) is 0 Å². The highest BCUT2D eigenvalue weighted by molar-refractivity contribution is 4.63. The van der Waals surface area contributed by atoms with Gasteiger partial charge in [0, 0.05) is 6.54 Å². The second-order valence-electron chi connectivity index (χ2n) is 2.93. The minimum atomic E-state index is 0.794. The molecule has 0 rings (SSSR count). The number of hydrogen-bond donors (Lipinski definition) is 1. The Hall–Kier alpha value is -0.710. The Morgan fingerprint density at radius 3 is 2.60 bits per heavy atom. The second kappa shape index (κ2) is 6.41. The summed E-state index contributed by atoms with van der Waals surface area (Å²) in [6.07, 6.45) is 5.52. The van der Waals surface area contributed by atoms with Crippen LogP contribution in [0.25, 0.3) is 0 Å². The van der Waals surface area contributed by atoms with Crippen molar-refractivity contribution in [2.24, 2.45) is 5.92 Å². The minimum Gasteiger partial charge on any atom is -0.324 e. The summed E-state index contributed by atoms with van der Waals surface area (Å²) in [6.45, 7) is 5.28. The first kappa shape index (κ1) is 9.29. The summed E-state index contributed by atoms with van der Waals surface area (Å²) in [5, 5.41) is 10.7. The fourth-order valence-electron chi connectivity index (χ4n) is 0.822. The quantitative estimate of drug-likeness (QED) is 0.359. The zero-order valence-corrected chi connectivity index (χ0v) is 6.85. The molecule has 0 unspecified atom stereocenters. The summed E-state index contributed by atoms with van der Waals surface area (Å²) in [6, 6.07) is 0. The summed E-state index contributed by atoms with van der Waals surface area (Å²) in [5.74, 6) is 0.794. The van der Waals surface area contributed by atoms with Gasteiger partial charge in [-0.1, -0.05) is 26.7 Å². The highest BCUT2D eigenvalue weighted by Gasteiger charge is 1.92. The predicted octanol–water partition coefficient (Wildman–Crippen LogP) is 1.88. The smallest absolute Gasteiger partial charge is 0.176 e. The van der Waals surface area contributed by atoms with Crippen molar-refractivity contribution in [2.45, 2.75) is 33.1 Å². The first-order valence-electron chi connectivity index (χ1n) is 3.89. The number of hydrogen-bond acceptors (Lipinski definition) is 2. The summed E-state index contributed by atoms with van der Waals surface area (Å²) < 4.78 is 0. The van der Waals surface area contributed by atoms with Crippen molar-refractivity contribution in [3.8, 4) is 6.19 Å². The minimum absolute atomic E-state index is 0.794. The number of rotatable bonds is 5. The molecule has 0 aromatic carbocycles. The molecule has 0 aromatic rings. The summed E-state index contributed by atoms with van der Waals surface area (Å²) in [7, 11) is 0. The molecule has 2 heteroatoms. The number of nitrogens with zero attached hydrogens (tertiary/aromatic N) is 1. The molecule has 0 radical (unpaired) electrons. The largest absolute Gasteiger partial charge is 0.324 e. The Kier molecular flexibility index (Phi) is 5.96. The monoisotopic (exact) mass is 140 g/mol. The first-order valence-corrected chi connectivity index (χ1v) is 3.89. The average molecular weight is 140 g/mol. The van der Waals surface area contributed by atoms with Gasteiger partial charge in [-0.2, -0.15) is 5.26 Å². The average Bonchev–Trinajstić information content (AvgIpc) is 1.87. The molecule has 0 spiro atoms. The lowest BCUT2D eigenvalue weighted by Crippen LogP contribution is -2.06. The molecule has 0 aliphatic carbocycles. The molecule has 0 bridgehead atoms. The van der Waals surface area contributed by atoms with Gasteiger partial charge in [0.25, 0.3) is 0 Å².